The molecule has 5 nitrogen and oxygen atoms in total. The largest absolute Gasteiger partial charge is 0.464 e. The normalized spacial score (nSPS) is 16.8. The van der Waals surface area contributed by atoms with Crippen molar-refractivity contribution >= 4 is 50.3 Å². The van der Waals surface area contributed by atoms with Gasteiger partial charge in [0.1, 0.15) is 0 Å². The van der Waals surface area contributed by atoms with E-state index in [0.717, 1.165) is 9.99 Å². The first-order valence-corrected chi connectivity index (χ1v) is 11.4. The first-order valence-electron chi connectivity index (χ1n) is 8.03. The second-order valence-corrected chi connectivity index (χ2v) is 9.14. The molecule has 0 radical (unpaired) electrons. The van der Waals surface area contributed by atoms with Crippen molar-refractivity contribution in [2.45, 2.75) is 34.6 Å². The summed E-state index contributed by atoms with van der Waals surface area (Å²) in [5.41, 5.74) is 3.46. The van der Waals surface area contributed by atoms with Crippen molar-refractivity contribution in [3.8, 4) is 0 Å². The number of hydrogen-bond acceptors (Lipinski definition) is 3. The number of carboxylic acid groups (broad SMARTS) is 1. The van der Waals surface area contributed by atoms with Crippen molar-refractivity contribution < 1.29 is 18.3 Å². The maximum Gasteiger partial charge on any atom is 0.421 e. The number of hydrogen-bond donors (Lipinski definition) is 1. The lowest BCUT2D eigenvalue weighted by atomic mass is 9.86. The van der Waals surface area contributed by atoms with Gasteiger partial charge in [-0.15, -0.1) is 0 Å². The summed E-state index contributed by atoms with van der Waals surface area (Å²) in [5, 5.41) is 10.0. The minimum atomic E-state index is -4.16. The quantitative estimate of drug-likeness (QED) is 0.490. The molecule has 2 aromatic rings. The predicted molar refractivity (Wildman–Crippen MR) is 108 cm³/mol. The van der Waals surface area contributed by atoms with Crippen LogP contribution in [0.3, 0.4) is 0 Å². The zero-order chi connectivity index (χ0) is 18.9. The fraction of sp³-hybridized carbons (Fsp3) is 0.278. The highest BCUT2D eigenvalue weighted by Crippen LogP contribution is 2.31. The molecular formula is C18H17ClINO4S. The van der Waals surface area contributed by atoms with Crippen molar-refractivity contribution in [2.75, 3.05) is 0 Å². The molecule has 0 bridgehead atoms. The van der Waals surface area contributed by atoms with E-state index in [9.17, 15) is 18.3 Å². The Labute approximate surface area is 171 Å². The molecule has 2 aromatic carbocycles. The van der Waals surface area contributed by atoms with E-state index in [2.05, 4.69) is 28.7 Å². The molecule has 1 aliphatic carbocycles. The van der Waals surface area contributed by atoms with Gasteiger partial charge < -0.3 is 5.11 Å². The summed E-state index contributed by atoms with van der Waals surface area (Å²) in [7, 11) is -4.16. The SMILES string of the molecule is O=C(O)N(C1CCc2c(CI)cccc2C1)S(=O)(=O)c1ccc(Cl)cc1. The third-order valence-corrected chi connectivity index (χ3v) is 7.50. The Morgan fingerprint density at radius 1 is 1.23 bits per heavy atom. The molecule has 138 valence electrons. The number of carbonyl (C=O) groups is 1. The van der Waals surface area contributed by atoms with Crippen LogP contribution in [0.5, 0.6) is 0 Å². The zero-order valence-electron chi connectivity index (χ0n) is 13.7. The molecule has 0 aromatic heterocycles. The van der Waals surface area contributed by atoms with Crippen LogP contribution in [-0.4, -0.2) is 30.0 Å². The van der Waals surface area contributed by atoms with Crippen LogP contribution in [0.25, 0.3) is 0 Å². The van der Waals surface area contributed by atoms with Crippen molar-refractivity contribution in [1.29, 1.82) is 0 Å². The van der Waals surface area contributed by atoms with Gasteiger partial charge in [-0.25, -0.2) is 13.2 Å². The summed E-state index contributed by atoms with van der Waals surface area (Å²) >= 11 is 8.11. The molecule has 0 heterocycles. The average molecular weight is 506 g/mol. The minimum Gasteiger partial charge on any atom is -0.464 e. The number of sulfonamides is 1. The van der Waals surface area contributed by atoms with E-state index in [0.29, 0.717) is 28.6 Å². The summed E-state index contributed by atoms with van der Waals surface area (Å²) < 4.78 is 27.3. The van der Waals surface area contributed by atoms with Gasteiger partial charge in [-0.2, -0.15) is 4.31 Å². The van der Waals surface area contributed by atoms with Gasteiger partial charge in [-0.05, 0) is 60.2 Å². The molecule has 1 amide bonds. The predicted octanol–water partition coefficient (Wildman–Crippen LogP) is 4.50. The van der Waals surface area contributed by atoms with Crippen LogP contribution in [0, 0.1) is 0 Å². The highest BCUT2D eigenvalue weighted by atomic mass is 127. The van der Waals surface area contributed by atoms with Crippen LogP contribution in [-0.2, 0) is 27.3 Å². The fourth-order valence-electron chi connectivity index (χ4n) is 3.37. The van der Waals surface area contributed by atoms with Gasteiger partial charge in [0.2, 0.25) is 0 Å². The van der Waals surface area contributed by atoms with Gasteiger partial charge in [-0.3, -0.25) is 0 Å². The molecule has 0 aliphatic heterocycles. The van der Waals surface area contributed by atoms with E-state index in [-0.39, 0.29) is 4.90 Å². The smallest absolute Gasteiger partial charge is 0.421 e. The number of fused-ring (bicyclic) bond motifs is 1. The van der Waals surface area contributed by atoms with Crippen LogP contribution in [0.4, 0.5) is 4.79 Å². The minimum absolute atomic E-state index is 0.0730. The Morgan fingerprint density at radius 3 is 2.54 bits per heavy atom. The molecule has 1 aliphatic rings. The number of amides is 1. The number of alkyl halides is 1. The van der Waals surface area contributed by atoms with Crippen molar-refractivity contribution in [2.24, 2.45) is 0 Å². The van der Waals surface area contributed by atoms with Crippen LogP contribution in [0.1, 0.15) is 23.1 Å². The summed E-state index contributed by atoms with van der Waals surface area (Å²) in [6.07, 6.45) is 0.0658. The third kappa shape index (κ3) is 3.70. The highest BCUT2D eigenvalue weighted by Gasteiger charge is 2.37. The van der Waals surface area contributed by atoms with E-state index in [1.54, 1.807) is 0 Å². The Balaban J connectivity index is 1.96. The highest BCUT2D eigenvalue weighted by molar-refractivity contribution is 14.1. The van der Waals surface area contributed by atoms with Gasteiger partial charge in [0.05, 0.1) is 10.9 Å². The number of rotatable bonds is 4. The van der Waals surface area contributed by atoms with E-state index >= 15 is 0 Å². The average Bonchev–Trinajstić information content (AvgIpc) is 2.60. The number of nitrogens with zero attached hydrogens (tertiary/aromatic N) is 1. The van der Waals surface area contributed by atoms with Crippen LogP contribution in [0.15, 0.2) is 47.4 Å². The molecule has 1 unspecified atom stereocenters. The molecule has 0 saturated heterocycles. The first-order chi connectivity index (χ1) is 12.3. The molecule has 8 heteroatoms. The van der Waals surface area contributed by atoms with Gasteiger partial charge in [-0.1, -0.05) is 52.4 Å². The lowest BCUT2D eigenvalue weighted by molar-refractivity contribution is 0.157. The molecule has 3 rings (SSSR count). The maximum absolute atomic E-state index is 12.9. The van der Waals surface area contributed by atoms with Crippen molar-refractivity contribution in [3.05, 3.63) is 64.2 Å². The third-order valence-electron chi connectivity index (χ3n) is 4.59. The molecule has 26 heavy (non-hydrogen) atoms. The van der Waals surface area contributed by atoms with E-state index in [1.807, 2.05) is 12.1 Å². The molecular weight excluding hydrogens is 489 g/mol. The summed E-state index contributed by atoms with van der Waals surface area (Å²) in [4.78, 5) is 11.8. The fourth-order valence-corrected chi connectivity index (χ4v) is 5.69. The standard InChI is InChI=1S/C18H17ClINO4S/c19-14-4-7-16(8-5-14)26(24,25)21(18(22)23)15-6-9-17-12(10-15)2-1-3-13(17)11-20/h1-5,7-8,15H,6,9-11H2,(H,22,23). The molecule has 0 spiro atoms. The lowest BCUT2D eigenvalue weighted by Crippen LogP contribution is -2.46. The summed E-state index contributed by atoms with van der Waals surface area (Å²) in [6.45, 7) is 0. The van der Waals surface area contributed by atoms with Gasteiger partial charge in [0.25, 0.3) is 10.0 Å². The van der Waals surface area contributed by atoms with E-state index < -0.39 is 22.2 Å². The Kier molecular flexibility index (Phi) is 5.78. The topological polar surface area (TPSA) is 74.7 Å². The van der Waals surface area contributed by atoms with Gasteiger partial charge in [0, 0.05) is 9.45 Å². The zero-order valence-corrected chi connectivity index (χ0v) is 17.5. The molecule has 0 saturated carbocycles. The first kappa shape index (κ1) is 19.4. The van der Waals surface area contributed by atoms with Crippen molar-refractivity contribution in [3.63, 3.8) is 0 Å². The monoisotopic (exact) mass is 505 g/mol. The maximum atomic E-state index is 12.9. The van der Waals surface area contributed by atoms with Crippen molar-refractivity contribution in [1.82, 2.24) is 4.31 Å². The Morgan fingerprint density at radius 2 is 1.92 bits per heavy atom. The molecule has 1 N–H and O–H groups in total. The van der Waals surface area contributed by atoms with Crippen LogP contribution >= 0.6 is 34.2 Å². The molecule has 0 fully saturated rings. The molecule has 1 atom stereocenters. The van der Waals surface area contributed by atoms with E-state index in [4.69, 9.17) is 11.6 Å². The summed E-state index contributed by atoms with van der Waals surface area (Å²) in [5.74, 6) is 0. The Hall–Kier alpha value is -1.32. The van der Waals surface area contributed by atoms with Gasteiger partial charge >= 0.3 is 6.09 Å². The second kappa shape index (κ2) is 7.74. The number of benzene rings is 2. The lowest BCUT2D eigenvalue weighted by Gasteiger charge is -2.33. The van der Waals surface area contributed by atoms with Crippen LogP contribution < -0.4 is 0 Å². The number of halogens is 2. The summed E-state index contributed by atoms with van der Waals surface area (Å²) in [6, 6.07) is 10.9. The van der Waals surface area contributed by atoms with Gasteiger partial charge in [0.15, 0.2) is 0 Å². The second-order valence-electron chi connectivity index (χ2n) is 6.12. The van der Waals surface area contributed by atoms with Crippen LogP contribution in [0.2, 0.25) is 5.02 Å². The van der Waals surface area contributed by atoms with E-state index in [1.165, 1.54) is 35.4 Å². The Bertz CT molecular complexity index is 931.